The zero-order valence-electron chi connectivity index (χ0n) is 15.1. The third-order valence-corrected chi connectivity index (χ3v) is 4.98. The molecule has 0 bridgehead atoms. The molecule has 2 aromatic rings. The lowest BCUT2D eigenvalue weighted by molar-refractivity contribution is -0.385. The Hall–Kier alpha value is -3.33. The van der Waals surface area contributed by atoms with Crippen molar-refractivity contribution in [1.82, 2.24) is 4.90 Å². The van der Waals surface area contributed by atoms with Gasteiger partial charge in [0.05, 0.1) is 28.6 Å². The third-order valence-electron chi connectivity index (χ3n) is 4.02. The molecule has 8 nitrogen and oxygen atoms in total. The second-order valence-electron chi connectivity index (χ2n) is 5.83. The topological polar surface area (TPSA) is 99.0 Å². The van der Waals surface area contributed by atoms with Crippen molar-refractivity contribution >= 4 is 34.7 Å². The molecule has 9 heteroatoms. The van der Waals surface area contributed by atoms with Gasteiger partial charge in [-0.3, -0.25) is 24.6 Å². The van der Waals surface area contributed by atoms with E-state index in [1.807, 2.05) is 30.3 Å². The molecule has 0 aliphatic carbocycles. The van der Waals surface area contributed by atoms with Gasteiger partial charge in [-0.05, 0) is 29.5 Å². The highest BCUT2D eigenvalue weighted by atomic mass is 32.2. The van der Waals surface area contributed by atoms with Crippen molar-refractivity contribution in [2.75, 3.05) is 14.2 Å². The fourth-order valence-corrected chi connectivity index (χ4v) is 3.35. The van der Waals surface area contributed by atoms with Crippen LogP contribution in [0.3, 0.4) is 0 Å². The SMILES string of the molecule is COc1cc(/C=C2\SC(=O)N(C)C2=O)c([N+](=O)[O-])cc1OCc1ccccc1. The minimum atomic E-state index is -0.573. The molecule has 0 N–H and O–H groups in total. The van der Waals surface area contributed by atoms with Gasteiger partial charge in [0.1, 0.15) is 6.61 Å². The fraction of sp³-hybridized carbons (Fsp3) is 0.158. The zero-order chi connectivity index (χ0) is 20.3. The first-order valence-electron chi connectivity index (χ1n) is 8.15. The van der Waals surface area contributed by atoms with Crippen molar-refractivity contribution in [2.24, 2.45) is 0 Å². The summed E-state index contributed by atoms with van der Waals surface area (Å²) in [4.78, 5) is 35.8. The van der Waals surface area contributed by atoms with E-state index in [2.05, 4.69) is 0 Å². The molecular weight excluding hydrogens is 384 g/mol. The molecule has 0 spiro atoms. The van der Waals surface area contributed by atoms with Gasteiger partial charge in [0.25, 0.3) is 16.8 Å². The number of nitrogens with zero attached hydrogens (tertiary/aromatic N) is 2. The molecule has 144 valence electrons. The maximum absolute atomic E-state index is 12.1. The Morgan fingerprint density at radius 1 is 1.18 bits per heavy atom. The van der Waals surface area contributed by atoms with E-state index in [0.717, 1.165) is 22.2 Å². The molecule has 0 saturated carbocycles. The van der Waals surface area contributed by atoms with E-state index in [1.165, 1.54) is 32.4 Å². The molecule has 0 aromatic heterocycles. The molecular formula is C19H16N2O6S. The molecule has 1 heterocycles. The minimum absolute atomic E-state index is 0.107. The lowest BCUT2D eigenvalue weighted by Gasteiger charge is -2.12. The van der Waals surface area contributed by atoms with Crippen LogP contribution in [-0.2, 0) is 11.4 Å². The van der Waals surface area contributed by atoms with Gasteiger partial charge in [0.15, 0.2) is 11.5 Å². The van der Waals surface area contributed by atoms with Crippen molar-refractivity contribution in [3.8, 4) is 11.5 Å². The number of methoxy groups -OCH3 is 1. The summed E-state index contributed by atoms with van der Waals surface area (Å²) in [6.45, 7) is 0.211. The fourth-order valence-electron chi connectivity index (χ4n) is 2.53. The highest BCUT2D eigenvalue weighted by Crippen LogP contribution is 2.38. The van der Waals surface area contributed by atoms with Crippen LogP contribution >= 0.6 is 11.8 Å². The van der Waals surface area contributed by atoms with Crippen molar-refractivity contribution < 1.29 is 24.0 Å². The van der Waals surface area contributed by atoms with E-state index in [0.29, 0.717) is 0 Å². The summed E-state index contributed by atoms with van der Waals surface area (Å²) >= 11 is 0.726. The number of hydrogen-bond acceptors (Lipinski definition) is 7. The Morgan fingerprint density at radius 3 is 2.46 bits per heavy atom. The second kappa shape index (κ2) is 8.13. The quantitative estimate of drug-likeness (QED) is 0.412. The molecule has 1 aliphatic heterocycles. The maximum atomic E-state index is 12.1. The lowest BCUT2D eigenvalue weighted by atomic mass is 10.1. The number of thioether (sulfide) groups is 1. The number of carbonyl (C=O) groups excluding carboxylic acids is 2. The Morgan fingerprint density at radius 2 is 1.89 bits per heavy atom. The summed E-state index contributed by atoms with van der Waals surface area (Å²) < 4.78 is 11.0. The number of imide groups is 1. The summed E-state index contributed by atoms with van der Waals surface area (Å²) in [6, 6.07) is 12.0. The van der Waals surface area contributed by atoms with Gasteiger partial charge in [-0.1, -0.05) is 30.3 Å². The molecule has 2 amide bonds. The predicted molar refractivity (Wildman–Crippen MR) is 104 cm³/mol. The van der Waals surface area contributed by atoms with Crippen LogP contribution in [0, 0.1) is 10.1 Å². The number of benzene rings is 2. The van der Waals surface area contributed by atoms with Gasteiger partial charge >= 0.3 is 0 Å². The number of carbonyl (C=O) groups is 2. The standard InChI is InChI=1S/C19H16N2O6S/c1-20-18(22)17(28-19(20)23)9-13-8-15(26-2)16(10-14(13)21(24)25)27-11-12-6-4-3-5-7-12/h3-10H,11H2,1-2H3/b17-9-. The van der Waals surface area contributed by atoms with Crippen molar-refractivity contribution in [2.45, 2.75) is 6.61 Å². The number of ether oxygens (including phenoxy) is 2. The monoisotopic (exact) mass is 400 g/mol. The molecule has 1 aliphatic rings. The largest absolute Gasteiger partial charge is 0.493 e. The zero-order valence-corrected chi connectivity index (χ0v) is 15.9. The molecule has 1 saturated heterocycles. The third kappa shape index (κ3) is 3.99. The van der Waals surface area contributed by atoms with Crippen LogP contribution in [-0.4, -0.2) is 35.1 Å². The summed E-state index contributed by atoms with van der Waals surface area (Å²) in [5.74, 6) is -0.0185. The second-order valence-corrected chi connectivity index (χ2v) is 6.83. The van der Waals surface area contributed by atoms with Crippen molar-refractivity contribution in [3.05, 3.63) is 68.6 Å². The number of nitro benzene ring substituents is 1. The van der Waals surface area contributed by atoms with Gasteiger partial charge in [-0.15, -0.1) is 0 Å². The molecule has 1 fully saturated rings. The lowest BCUT2D eigenvalue weighted by Crippen LogP contribution is -2.22. The number of hydrogen-bond donors (Lipinski definition) is 0. The van der Waals surface area contributed by atoms with Gasteiger partial charge in [0, 0.05) is 7.05 Å². The normalized spacial score (nSPS) is 15.2. The van der Waals surface area contributed by atoms with Crippen LogP contribution in [0.4, 0.5) is 10.5 Å². The summed E-state index contributed by atoms with van der Waals surface area (Å²) in [5, 5.41) is 11.1. The summed E-state index contributed by atoms with van der Waals surface area (Å²) in [7, 11) is 2.77. The van der Waals surface area contributed by atoms with Crippen LogP contribution < -0.4 is 9.47 Å². The highest BCUT2D eigenvalue weighted by Gasteiger charge is 2.32. The van der Waals surface area contributed by atoms with E-state index in [4.69, 9.17) is 9.47 Å². The Bertz CT molecular complexity index is 974. The van der Waals surface area contributed by atoms with Crippen molar-refractivity contribution in [1.29, 1.82) is 0 Å². The summed E-state index contributed by atoms with van der Waals surface area (Å²) in [5.41, 5.74) is 0.785. The van der Waals surface area contributed by atoms with E-state index < -0.39 is 16.1 Å². The first kappa shape index (κ1) is 19.4. The minimum Gasteiger partial charge on any atom is -0.493 e. The average molecular weight is 400 g/mol. The first-order valence-corrected chi connectivity index (χ1v) is 8.97. The van der Waals surface area contributed by atoms with Crippen LogP contribution in [0.25, 0.3) is 6.08 Å². The maximum Gasteiger partial charge on any atom is 0.293 e. The van der Waals surface area contributed by atoms with E-state index >= 15 is 0 Å². The molecule has 0 radical (unpaired) electrons. The van der Waals surface area contributed by atoms with Crippen LogP contribution in [0.1, 0.15) is 11.1 Å². The van der Waals surface area contributed by atoms with Crippen molar-refractivity contribution in [3.63, 3.8) is 0 Å². The van der Waals surface area contributed by atoms with Gasteiger partial charge < -0.3 is 9.47 Å². The van der Waals surface area contributed by atoms with Gasteiger partial charge in [0.2, 0.25) is 0 Å². The highest BCUT2D eigenvalue weighted by molar-refractivity contribution is 8.18. The van der Waals surface area contributed by atoms with Crippen LogP contribution in [0.15, 0.2) is 47.4 Å². The van der Waals surface area contributed by atoms with E-state index in [9.17, 15) is 19.7 Å². The van der Waals surface area contributed by atoms with Crippen LogP contribution in [0.2, 0.25) is 0 Å². The van der Waals surface area contributed by atoms with Gasteiger partial charge in [-0.25, -0.2) is 0 Å². The van der Waals surface area contributed by atoms with Gasteiger partial charge in [-0.2, -0.15) is 0 Å². The number of nitro groups is 1. The predicted octanol–water partition coefficient (Wildman–Crippen LogP) is 3.85. The molecule has 28 heavy (non-hydrogen) atoms. The smallest absolute Gasteiger partial charge is 0.293 e. The molecule has 0 atom stereocenters. The molecule has 2 aromatic carbocycles. The Balaban J connectivity index is 1.97. The Labute approximate surface area is 164 Å². The average Bonchev–Trinajstić information content (AvgIpc) is 2.93. The Kier molecular flexibility index (Phi) is 5.65. The number of rotatable bonds is 6. The number of likely N-dealkylation sites (N-methyl/N-ethyl adjacent to an activating group) is 1. The van der Waals surface area contributed by atoms with E-state index in [1.54, 1.807) is 0 Å². The number of amides is 2. The first-order chi connectivity index (χ1) is 13.4. The molecule has 3 rings (SSSR count). The van der Waals surface area contributed by atoms with Crippen LogP contribution in [0.5, 0.6) is 11.5 Å². The summed E-state index contributed by atoms with van der Waals surface area (Å²) in [6.07, 6.45) is 1.32. The van der Waals surface area contributed by atoms with E-state index in [-0.39, 0.29) is 34.3 Å². The molecule has 0 unspecified atom stereocenters.